The van der Waals surface area contributed by atoms with E-state index in [1.165, 1.54) is 0 Å². The van der Waals surface area contributed by atoms with Crippen LogP contribution in [0.3, 0.4) is 0 Å². The van der Waals surface area contributed by atoms with E-state index in [-0.39, 0.29) is 11.4 Å². The average Bonchev–Trinajstić information content (AvgIpc) is 2.32. The number of aliphatic hydroxyl groups excluding tert-OH is 1. The minimum absolute atomic E-state index is 0.289. The van der Waals surface area contributed by atoms with E-state index in [0.29, 0.717) is 11.1 Å². The Labute approximate surface area is 99.8 Å². The smallest absolute Gasteiger partial charge is 0.132 e. The molecule has 2 nitrogen and oxygen atoms in total. The van der Waals surface area contributed by atoms with E-state index in [0.717, 1.165) is 5.56 Å². The molecule has 0 saturated carbocycles. The summed E-state index contributed by atoms with van der Waals surface area (Å²) in [5.74, 6) is -0.360. The minimum Gasteiger partial charge on any atom is -0.383 e. The fourth-order valence-corrected chi connectivity index (χ4v) is 1.79. The maximum Gasteiger partial charge on any atom is 0.132 e. The first-order valence-corrected chi connectivity index (χ1v) is 5.44. The summed E-state index contributed by atoms with van der Waals surface area (Å²) in [6.07, 6.45) is 2.28. The summed E-state index contributed by atoms with van der Waals surface area (Å²) >= 11 is 0. The summed E-state index contributed by atoms with van der Waals surface area (Å²) in [5, 5.41) is 10.1. The molecule has 1 unspecified atom stereocenters. The molecule has 88 valence electrons. The summed E-state index contributed by atoms with van der Waals surface area (Å²) in [4.78, 5) is 4.00. The zero-order valence-electron chi connectivity index (χ0n) is 9.81. The van der Waals surface area contributed by atoms with Crippen LogP contribution in [0.4, 0.5) is 4.39 Å². The lowest BCUT2D eigenvalue weighted by Gasteiger charge is -2.13. The highest BCUT2D eigenvalue weighted by Gasteiger charge is 2.16. The predicted molar refractivity (Wildman–Crippen MR) is 64.2 cm³/mol. The SMILES string of the molecule is Cc1cncc(C(O)c2cccc(C)c2F)c1. The molecule has 1 heterocycles. The van der Waals surface area contributed by atoms with E-state index >= 15 is 0 Å². The standard InChI is InChI=1S/C14H14FNO/c1-9-6-11(8-16-7-9)14(17)12-5-3-4-10(2)13(12)15/h3-8,14,17H,1-2H3. The third-order valence-electron chi connectivity index (χ3n) is 2.73. The van der Waals surface area contributed by atoms with Gasteiger partial charge in [0.15, 0.2) is 0 Å². The number of aryl methyl sites for hydroxylation is 2. The van der Waals surface area contributed by atoms with Crippen LogP contribution >= 0.6 is 0 Å². The zero-order chi connectivity index (χ0) is 12.4. The van der Waals surface area contributed by atoms with Crippen molar-refractivity contribution in [3.63, 3.8) is 0 Å². The van der Waals surface area contributed by atoms with Crippen LogP contribution in [0.15, 0.2) is 36.7 Å². The van der Waals surface area contributed by atoms with Gasteiger partial charge in [-0.1, -0.05) is 24.3 Å². The largest absolute Gasteiger partial charge is 0.383 e. The number of rotatable bonds is 2. The van der Waals surface area contributed by atoms with Gasteiger partial charge in [0.2, 0.25) is 0 Å². The van der Waals surface area contributed by atoms with E-state index in [9.17, 15) is 9.50 Å². The predicted octanol–water partition coefficient (Wildman–Crippen LogP) is 2.92. The first-order valence-electron chi connectivity index (χ1n) is 5.44. The number of aliphatic hydroxyl groups is 1. The fourth-order valence-electron chi connectivity index (χ4n) is 1.79. The van der Waals surface area contributed by atoms with Gasteiger partial charge < -0.3 is 5.11 Å². The van der Waals surface area contributed by atoms with Crippen LogP contribution in [-0.4, -0.2) is 10.1 Å². The summed E-state index contributed by atoms with van der Waals surface area (Å²) in [7, 11) is 0. The quantitative estimate of drug-likeness (QED) is 0.862. The number of hydrogen-bond donors (Lipinski definition) is 1. The van der Waals surface area contributed by atoms with Gasteiger partial charge >= 0.3 is 0 Å². The van der Waals surface area contributed by atoms with E-state index in [1.54, 1.807) is 43.6 Å². The summed E-state index contributed by atoms with van der Waals surface area (Å²) < 4.78 is 13.9. The lowest BCUT2D eigenvalue weighted by Crippen LogP contribution is -2.04. The number of benzene rings is 1. The van der Waals surface area contributed by atoms with Crippen molar-refractivity contribution in [3.05, 3.63) is 64.7 Å². The van der Waals surface area contributed by atoms with Gasteiger partial charge in [-0.05, 0) is 25.0 Å². The molecule has 0 aliphatic heterocycles. The number of aromatic nitrogens is 1. The summed E-state index contributed by atoms with van der Waals surface area (Å²) in [5.41, 5.74) is 2.36. The molecular weight excluding hydrogens is 217 g/mol. The third kappa shape index (κ3) is 2.34. The van der Waals surface area contributed by atoms with Crippen molar-refractivity contribution in [1.82, 2.24) is 4.98 Å². The molecule has 0 amide bonds. The molecule has 1 aromatic heterocycles. The van der Waals surface area contributed by atoms with Gasteiger partial charge in [-0.3, -0.25) is 4.98 Å². The van der Waals surface area contributed by atoms with Crippen molar-refractivity contribution in [3.8, 4) is 0 Å². The molecule has 0 saturated heterocycles. The lowest BCUT2D eigenvalue weighted by atomic mass is 10.00. The van der Waals surface area contributed by atoms with Crippen molar-refractivity contribution in [2.75, 3.05) is 0 Å². The number of pyridine rings is 1. The molecule has 0 aliphatic carbocycles. The molecule has 2 rings (SSSR count). The van der Waals surface area contributed by atoms with E-state index < -0.39 is 6.10 Å². The Bertz CT molecular complexity index is 539. The molecule has 0 radical (unpaired) electrons. The topological polar surface area (TPSA) is 33.1 Å². The Kier molecular flexibility index (Phi) is 3.20. The highest BCUT2D eigenvalue weighted by Crippen LogP contribution is 2.25. The molecule has 17 heavy (non-hydrogen) atoms. The van der Waals surface area contributed by atoms with E-state index in [2.05, 4.69) is 4.98 Å². The fraction of sp³-hybridized carbons (Fsp3) is 0.214. The van der Waals surface area contributed by atoms with Gasteiger partial charge in [0.05, 0.1) is 0 Å². The summed E-state index contributed by atoms with van der Waals surface area (Å²) in [6, 6.07) is 6.81. The molecule has 0 fully saturated rings. The van der Waals surface area contributed by atoms with Crippen molar-refractivity contribution in [1.29, 1.82) is 0 Å². The molecule has 1 atom stereocenters. The first-order chi connectivity index (χ1) is 8.09. The van der Waals surface area contributed by atoms with Crippen LogP contribution in [0.25, 0.3) is 0 Å². The Morgan fingerprint density at radius 2 is 2.00 bits per heavy atom. The van der Waals surface area contributed by atoms with Crippen molar-refractivity contribution < 1.29 is 9.50 Å². The Morgan fingerprint density at radius 3 is 2.71 bits per heavy atom. The van der Waals surface area contributed by atoms with Gasteiger partial charge in [0, 0.05) is 23.5 Å². The van der Waals surface area contributed by atoms with Crippen molar-refractivity contribution in [2.24, 2.45) is 0 Å². The van der Waals surface area contributed by atoms with Crippen molar-refractivity contribution >= 4 is 0 Å². The maximum absolute atomic E-state index is 13.9. The van der Waals surface area contributed by atoms with Crippen LogP contribution in [-0.2, 0) is 0 Å². The minimum atomic E-state index is -0.970. The van der Waals surface area contributed by atoms with Gasteiger partial charge in [-0.25, -0.2) is 4.39 Å². The summed E-state index contributed by atoms with van der Waals surface area (Å²) in [6.45, 7) is 3.57. The lowest BCUT2D eigenvalue weighted by molar-refractivity contribution is 0.214. The highest BCUT2D eigenvalue weighted by atomic mass is 19.1. The van der Waals surface area contributed by atoms with Crippen molar-refractivity contribution in [2.45, 2.75) is 20.0 Å². The number of hydrogen-bond acceptors (Lipinski definition) is 2. The van der Waals surface area contributed by atoms with Crippen LogP contribution in [0.1, 0.15) is 28.4 Å². The molecule has 1 aromatic carbocycles. The molecule has 0 aliphatic rings. The van der Waals surface area contributed by atoms with Crippen LogP contribution < -0.4 is 0 Å². The Hall–Kier alpha value is -1.74. The second-order valence-corrected chi connectivity index (χ2v) is 4.18. The van der Waals surface area contributed by atoms with Crippen LogP contribution in [0.5, 0.6) is 0 Å². The van der Waals surface area contributed by atoms with Gasteiger partial charge in [0.1, 0.15) is 11.9 Å². The Balaban J connectivity index is 2.44. The monoisotopic (exact) mass is 231 g/mol. The van der Waals surface area contributed by atoms with Crippen LogP contribution in [0.2, 0.25) is 0 Å². The molecule has 3 heteroatoms. The molecular formula is C14H14FNO. The molecule has 1 N–H and O–H groups in total. The van der Waals surface area contributed by atoms with E-state index in [1.807, 2.05) is 6.92 Å². The van der Waals surface area contributed by atoms with Gasteiger partial charge in [0.25, 0.3) is 0 Å². The van der Waals surface area contributed by atoms with Gasteiger partial charge in [-0.15, -0.1) is 0 Å². The zero-order valence-corrected chi connectivity index (χ0v) is 9.81. The molecule has 2 aromatic rings. The van der Waals surface area contributed by atoms with E-state index in [4.69, 9.17) is 0 Å². The normalized spacial score (nSPS) is 12.5. The van der Waals surface area contributed by atoms with Gasteiger partial charge in [-0.2, -0.15) is 0 Å². The second kappa shape index (κ2) is 4.63. The highest BCUT2D eigenvalue weighted by molar-refractivity contribution is 5.33. The average molecular weight is 231 g/mol. The second-order valence-electron chi connectivity index (χ2n) is 4.18. The maximum atomic E-state index is 13.9. The Morgan fingerprint density at radius 1 is 1.24 bits per heavy atom. The number of halogens is 1. The third-order valence-corrected chi connectivity index (χ3v) is 2.73. The molecule has 0 bridgehead atoms. The number of nitrogens with zero attached hydrogens (tertiary/aromatic N) is 1. The first kappa shape index (κ1) is 11.7. The molecule has 0 spiro atoms. The van der Waals surface area contributed by atoms with Crippen LogP contribution in [0, 0.1) is 19.7 Å².